The van der Waals surface area contributed by atoms with Crippen molar-refractivity contribution in [3.63, 3.8) is 0 Å². The van der Waals surface area contributed by atoms with Crippen molar-refractivity contribution >= 4 is 0 Å². The van der Waals surface area contributed by atoms with Crippen LogP contribution < -0.4 is 5.73 Å². The van der Waals surface area contributed by atoms with E-state index in [2.05, 4.69) is 11.8 Å². The molecule has 2 aliphatic rings. The molecular formula is C12H24N2O. The largest absolute Gasteiger partial charge is 0.374 e. The Balaban J connectivity index is 1.85. The molecule has 3 nitrogen and oxygen atoms in total. The predicted molar refractivity (Wildman–Crippen MR) is 61.8 cm³/mol. The van der Waals surface area contributed by atoms with Gasteiger partial charge in [0.05, 0.1) is 12.7 Å². The van der Waals surface area contributed by atoms with Crippen LogP contribution in [0.3, 0.4) is 0 Å². The molecule has 2 N–H and O–H groups in total. The monoisotopic (exact) mass is 212 g/mol. The second-order valence-corrected chi connectivity index (χ2v) is 5.01. The number of morpholine rings is 1. The summed E-state index contributed by atoms with van der Waals surface area (Å²) in [6.07, 6.45) is 5.97. The summed E-state index contributed by atoms with van der Waals surface area (Å²) in [6, 6.07) is 0.727. The van der Waals surface area contributed by atoms with E-state index in [0.29, 0.717) is 6.54 Å². The molecule has 2 fully saturated rings. The van der Waals surface area contributed by atoms with Gasteiger partial charge in [-0.15, -0.1) is 0 Å². The molecule has 0 radical (unpaired) electrons. The summed E-state index contributed by atoms with van der Waals surface area (Å²) in [5.74, 6) is 0.918. The SMILES string of the molecule is CC(C1CCCC1)N1CCOC(CN)C1. The van der Waals surface area contributed by atoms with Crippen molar-refractivity contribution in [2.45, 2.75) is 44.8 Å². The maximum absolute atomic E-state index is 5.67. The van der Waals surface area contributed by atoms with Gasteiger partial charge in [-0.25, -0.2) is 0 Å². The predicted octanol–water partition coefficient (Wildman–Crippen LogP) is 1.22. The number of hydrogen-bond donors (Lipinski definition) is 1. The second-order valence-electron chi connectivity index (χ2n) is 5.01. The summed E-state index contributed by atoms with van der Waals surface area (Å²) in [5, 5.41) is 0. The zero-order valence-corrected chi connectivity index (χ0v) is 9.82. The normalized spacial score (nSPS) is 32.0. The Labute approximate surface area is 93.0 Å². The molecule has 2 unspecified atom stereocenters. The molecule has 2 rings (SSSR count). The van der Waals surface area contributed by atoms with Crippen LogP contribution in [0.25, 0.3) is 0 Å². The van der Waals surface area contributed by atoms with Crippen LogP contribution >= 0.6 is 0 Å². The van der Waals surface area contributed by atoms with Gasteiger partial charge < -0.3 is 10.5 Å². The van der Waals surface area contributed by atoms with E-state index in [0.717, 1.165) is 31.7 Å². The molecule has 0 spiro atoms. The van der Waals surface area contributed by atoms with Crippen molar-refractivity contribution in [3.8, 4) is 0 Å². The van der Waals surface area contributed by atoms with E-state index in [1.807, 2.05) is 0 Å². The highest BCUT2D eigenvalue weighted by molar-refractivity contribution is 4.83. The fourth-order valence-corrected chi connectivity index (χ4v) is 2.99. The quantitative estimate of drug-likeness (QED) is 0.764. The summed E-state index contributed by atoms with van der Waals surface area (Å²) in [6.45, 7) is 6.03. The minimum Gasteiger partial charge on any atom is -0.374 e. The van der Waals surface area contributed by atoms with E-state index >= 15 is 0 Å². The van der Waals surface area contributed by atoms with Gasteiger partial charge in [0, 0.05) is 25.7 Å². The van der Waals surface area contributed by atoms with Gasteiger partial charge >= 0.3 is 0 Å². The van der Waals surface area contributed by atoms with Gasteiger partial charge in [0.15, 0.2) is 0 Å². The maximum Gasteiger partial charge on any atom is 0.0824 e. The molecule has 1 aliphatic carbocycles. The Morgan fingerprint density at radius 3 is 2.80 bits per heavy atom. The highest BCUT2D eigenvalue weighted by Crippen LogP contribution is 2.30. The van der Waals surface area contributed by atoms with Crippen molar-refractivity contribution in [3.05, 3.63) is 0 Å². The van der Waals surface area contributed by atoms with Crippen molar-refractivity contribution in [2.24, 2.45) is 11.7 Å². The fourth-order valence-electron chi connectivity index (χ4n) is 2.99. The molecule has 1 saturated heterocycles. The van der Waals surface area contributed by atoms with E-state index in [9.17, 15) is 0 Å². The van der Waals surface area contributed by atoms with Crippen LogP contribution in [-0.4, -0.2) is 43.3 Å². The van der Waals surface area contributed by atoms with E-state index in [4.69, 9.17) is 10.5 Å². The van der Waals surface area contributed by atoms with Crippen LogP contribution in [-0.2, 0) is 4.74 Å². The Kier molecular flexibility index (Phi) is 4.00. The number of nitrogens with two attached hydrogens (primary N) is 1. The summed E-state index contributed by atoms with van der Waals surface area (Å²) < 4.78 is 5.60. The lowest BCUT2D eigenvalue weighted by molar-refractivity contribution is -0.0439. The van der Waals surface area contributed by atoms with E-state index in [1.54, 1.807) is 0 Å². The molecule has 1 heterocycles. The van der Waals surface area contributed by atoms with Gasteiger partial charge in [-0.05, 0) is 25.7 Å². The first-order valence-electron chi connectivity index (χ1n) is 6.37. The minimum absolute atomic E-state index is 0.266. The number of rotatable bonds is 3. The summed E-state index contributed by atoms with van der Waals surface area (Å²) in [7, 11) is 0. The van der Waals surface area contributed by atoms with Gasteiger partial charge in [0.2, 0.25) is 0 Å². The van der Waals surface area contributed by atoms with Crippen molar-refractivity contribution in [1.82, 2.24) is 4.90 Å². The van der Waals surface area contributed by atoms with Gasteiger partial charge in [-0.2, -0.15) is 0 Å². The Hall–Kier alpha value is -0.120. The third kappa shape index (κ3) is 2.71. The third-order valence-electron chi connectivity index (χ3n) is 4.09. The Morgan fingerprint density at radius 1 is 1.40 bits per heavy atom. The minimum atomic E-state index is 0.266. The summed E-state index contributed by atoms with van der Waals surface area (Å²) in [4.78, 5) is 2.58. The van der Waals surface area contributed by atoms with Crippen LogP contribution in [0.15, 0.2) is 0 Å². The highest BCUT2D eigenvalue weighted by atomic mass is 16.5. The molecule has 3 heteroatoms. The van der Waals surface area contributed by atoms with Crippen LogP contribution in [0.2, 0.25) is 0 Å². The topological polar surface area (TPSA) is 38.5 Å². The first kappa shape index (κ1) is 11.4. The Morgan fingerprint density at radius 2 is 2.13 bits per heavy atom. The molecule has 0 aromatic heterocycles. The van der Waals surface area contributed by atoms with Crippen LogP contribution in [0.4, 0.5) is 0 Å². The number of hydrogen-bond acceptors (Lipinski definition) is 3. The molecule has 1 aliphatic heterocycles. The number of nitrogens with zero attached hydrogens (tertiary/aromatic N) is 1. The van der Waals surface area contributed by atoms with Crippen molar-refractivity contribution in [2.75, 3.05) is 26.2 Å². The highest BCUT2D eigenvalue weighted by Gasteiger charge is 2.29. The van der Waals surface area contributed by atoms with Crippen LogP contribution in [0.5, 0.6) is 0 Å². The average Bonchev–Trinajstić information content (AvgIpc) is 2.81. The molecule has 1 saturated carbocycles. The lowest BCUT2D eigenvalue weighted by atomic mass is 9.97. The smallest absolute Gasteiger partial charge is 0.0824 e. The lowest BCUT2D eigenvalue weighted by Crippen LogP contribution is -2.50. The zero-order chi connectivity index (χ0) is 10.7. The Bertz CT molecular complexity index is 192. The van der Waals surface area contributed by atoms with E-state index in [1.165, 1.54) is 25.7 Å². The summed E-state index contributed by atoms with van der Waals surface area (Å²) in [5.41, 5.74) is 5.67. The van der Waals surface area contributed by atoms with Gasteiger partial charge in [0.1, 0.15) is 0 Å². The van der Waals surface area contributed by atoms with E-state index < -0.39 is 0 Å². The average molecular weight is 212 g/mol. The molecular weight excluding hydrogens is 188 g/mol. The molecule has 15 heavy (non-hydrogen) atoms. The second kappa shape index (κ2) is 5.28. The third-order valence-corrected chi connectivity index (χ3v) is 4.09. The van der Waals surface area contributed by atoms with Crippen LogP contribution in [0.1, 0.15) is 32.6 Å². The zero-order valence-electron chi connectivity index (χ0n) is 9.82. The van der Waals surface area contributed by atoms with Crippen LogP contribution in [0, 0.1) is 5.92 Å². The maximum atomic E-state index is 5.67. The number of ether oxygens (including phenoxy) is 1. The molecule has 0 aromatic carbocycles. The first-order valence-corrected chi connectivity index (χ1v) is 6.37. The van der Waals surface area contributed by atoms with Crippen molar-refractivity contribution < 1.29 is 4.74 Å². The van der Waals surface area contributed by atoms with Gasteiger partial charge in [-0.3, -0.25) is 4.90 Å². The van der Waals surface area contributed by atoms with Crippen molar-refractivity contribution in [1.29, 1.82) is 0 Å². The lowest BCUT2D eigenvalue weighted by Gasteiger charge is -2.39. The standard InChI is InChI=1S/C12H24N2O/c1-10(11-4-2-3-5-11)14-6-7-15-12(8-13)9-14/h10-12H,2-9,13H2,1H3. The molecule has 0 bridgehead atoms. The summed E-state index contributed by atoms with van der Waals surface area (Å²) >= 11 is 0. The molecule has 2 atom stereocenters. The fraction of sp³-hybridized carbons (Fsp3) is 1.00. The van der Waals surface area contributed by atoms with Gasteiger partial charge in [-0.1, -0.05) is 12.8 Å². The van der Waals surface area contributed by atoms with Gasteiger partial charge in [0.25, 0.3) is 0 Å². The van der Waals surface area contributed by atoms with E-state index in [-0.39, 0.29) is 6.10 Å². The molecule has 88 valence electrons. The first-order chi connectivity index (χ1) is 7.31. The molecule has 0 amide bonds. The molecule has 0 aromatic rings.